The highest BCUT2D eigenvalue weighted by Gasteiger charge is 2.39. The van der Waals surface area contributed by atoms with Crippen molar-refractivity contribution in [3.8, 4) is 0 Å². The van der Waals surface area contributed by atoms with Crippen molar-refractivity contribution >= 4 is 11.8 Å². The van der Waals surface area contributed by atoms with Crippen molar-refractivity contribution in [2.45, 2.75) is 25.4 Å². The van der Waals surface area contributed by atoms with Crippen molar-refractivity contribution in [1.29, 1.82) is 0 Å². The van der Waals surface area contributed by atoms with Crippen LogP contribution in [0.3, 0.4) is 0 Å². The number of methoxy groups -OCH3 is 1. The Morgan fingerprint density at radius 1 is 1.25 bits per heavy atom. The lowest BCUT2D eigenvalue weighted by molar-refractivity contribution is -0.146. The molecule has 24 heavy (non-hydrogen) atoms. The molecular weight excluding hydrogens is 313 g/mol. The van der Waals surface area contributed by atoms with Gasteiger partial charge in [0, 0.05) is 25.8 Å². The quantitative estimate of drug-likeness (QED) is 0.669. The SMILES string of the molecule is COC1(C(=O)NCCNC(=O)c2ccc(C)c(F)c2)CCNCC1. The van der Waals surface area contributed by atoms with Gasteiger partial charge in [-0.2, -0.15) is 0 Å². The van der Waals surface area contributed by atoms with Gasteiger partial charge in [-0.1, -0.05) is 6.07 Å². The molecule has 0 bridgehead atoms. The van der Waals surface area contributed by atoms with Gasteiger partial charge < -0.3 is 20.7 Å². The van der Waals surface area contributed by atoms with Gasteiger partial charge in [-0.25, -0.2) is 4.39 Å². The molecule has 1 aliphatic rings. The van der Waals surface area contributed by atoms with Crippen LogP contribution in [0.25, 0.3) is 0 Å². The molecule has 1 saturated heterocycles. The average Bonchev–Trinajstić information content (AvgIpc) is 2.61. The number of hydrogen-bond donors (Lipinski definition) is 3. The Hall–Kier alpha value is -1.99. The Morgan fingerprint density at radius 2 is 1.92 bits per heavy atom. The van der Waals surface area contributed by atoms with E-state index in [0.29, 0.717) is 18.4 Å². The third-order valence-electron chi connectivity index (χ3n) is 4.35. The molecule has 0 aliphatic carbocycles. The van der Waals surface area contributed by atoms with E-state index in [1.165, 1.54) is 6.07 Å². The van der Waals surface area contributed by atoms with E-state index in [9.17, 15) is 14.0 Å². The minimum atomic E-state index is -0.796. The summed E-state index contributed by atoms with van der Waals surface area (Å²) in [7, 11) is 1.54. The summed E-state index contributed by atoms with van der Waals surface area (Å²) >= 11 is 0. The molecule has 0 atom stereocenters. The van der Waals surface area contributed by atoms with E-state index in [2.05, 4.69) is 16.0 Å². The number of aryl methyl sites for hydroxylation is 1. The lowest BCUT2D eigenvalue weighted by Crippen LogP contribution is -2.54. The average molecular weight is 337 g/mol. The summed E-state index contributed by atoms with van der Waals surface area (Å²) in [5.41, 5.74) is -0.0446. The number of carbonyl (C=O) groups excluding carboxylic acids is 2. The number of carbonyl (C=O) groups is 2. The molecule has 0 aromatic heterocycles. The van der Waals surface area contributed by atoms with Crippen LogP contribution < -0.4 is 16.0 Å². The molecular formula is C17H24FN3O3. The molecule has 1 heterocycles. The molecule has 7 heteroatoms. The number of ether oxygens (including phenoxy) is 1. The number of rotatable bonds is 6. The summed E-state index contributed by atoms with van der Waals surface area (Å²) in [6.45, 7) is 3.66. The Morgan fingerprint density at radius 3 is 2.54 bits per heavy atom. The fourth-order valence-corrected chi connectivity index (χ4v) is 2.70. The lowest BCUT2D eigenvalue weighted by atomic mass is 9.91. The molecule has 0 saturated carbocycles. The van der Waals surface area contributed by atoms with Crippen LogP contribution in [0.5, 0.6) is 0 Å². The predicted molar refractivity (Wildman–Crippen MR) is 88.3 cm³/mol. The van der Waals surface area contributed by atoms with E-state index in [0.717, 1.165) is 13.1 Å². The molecule has 0 radical (unpaired) electrons. The fraction of sp³-hybridized carbons (Fsp3) is 0.529. The summed E-state index contributed by atoms with van der Waals surface area (Å²) in [5.74, 6) is -0.947. The molecule has 2 rings (SSSR count). The molecule has 0 unspecified atom stereocenters. The summed E-state index contributed by atoms with van der Waals surface area (Å²) in [6.07, 6.45) is 1.23. The molecule has 1 fully saturated rings. The van der Waals surface area contributed by atoms with Crippen LogP contribution >= 0.6 is 0 Å². The van der Waals surface area contributed by atoms with Crippen LogP contribution in [0.2, 0.25) is 0 Å². The highest BCUT2D eigenvalue weighted by molar-refractivity contribution is 5.94. The molecule has 2 amide bonds. The van der Waals surface area contributed by atoms with Crippen LogP contribution in [0.1, 0.15) is 28.8 Å². The standard InChI is InChI=1S/C17H24FN3O3/c1-12-3-4-13(11-14(12)18)15(22)20-9-10-21-16(23)17(24-2)5-7-19-8-6-17/h3-4,11,19H,5-10H2,1-2H3,(H,20,22)(H,21,23). The Balaban J connectivity index is 1.78. The maximum atomic E-state index is 13.5. The van der Waals surface area contributed by atoms with Crippen molar-refractivity contribution in [2.24, 2.45) is 0 Å². The summed E-state index contributed by atoms with van der Waals surface area (Å²) in [6, 6.07) is 4.34. The van der Waals surface area contributed by atoms with Crippen molar-refractivity contribution in [2.75, 3.05) is 33.3 Å². The van der Waals surface area contributed by atoms with Crippen LogP contribution in [-0.2, 0) is 9.53 Å². The number of hydrogen-bond acceptors (Lipinski definition) is 4. The second-order valence-corrected chi connectivity index (χ2v) is 5.92. The van der Waals surface area contributed by atoms with Crippen LogP contribution in [0.4, 0.5) is 4.39 Å². The maximum Gasteiger partial charge on any atom is 0.252 e. The Labute approximate surface area is 141 Å². The number of piperidine rings is 1. The van der Waals surface area contributed by atoms with Crippen molar-refractivity contribution in [1.82, 2.24) is 16.0 Å². The monoisotopic (exact) mass is 337 g/mol. The van der Waals surface area contributed by atoms with Gasteiger partial charge in [-0.15, -0.1) is 0 Å². The number of halogens is 1. The molecule has 132 valence electrons. The first kappa shape index (κ1) is 18.4. The number of amides is 2. The number of nitrogens with one attached hydrogen (secondary N) is 3. The van der Waals surface area contributed by atoms with Crippen LogP contribution in [-0.4, -0.2) is 50.7 Å². The van der Waals surface area contributed by atoms with E-state index in [4.69, 9.17) is 4.74 Å². The Bertz CT molecular complexity index is 601. The van der Waals surface area contributed by atoms with Crippen molar-refractivity contribution in [3.63, 3.8) is 0 Å². The van der Waals surface area contributed by atoms with Crippen molar-refractivity contribution in [3.05, 3.63) is 35.1 Å². The van der Waals surface area contributed by atoms with Gasteiger partial charge in [0.2, 0.25) is 0 Å². The molecule has 0 spiro atoms. The molecule has 6 nitrogen and oxygen atoms in total. The van der Waals surface area contributed by atoms with Crippen molar-refractivity contribution < 1.29 is 18.7 Å². The van der Waals surface area contributed by atoms with Gasteiger partial charge in [0.15, 0.2) is 0 Å². The molecule has 1 aliphatic heterocycles. The van der Waals surface area contributed by atoms with E-state index in [1.54, 1.807) is 26.2 Å². The van der Waals surface area contributed by atoms with Gasteiger partial charge in [0.25, 0.3) is 11.8 Å². The maximum absolute atomic E-state index is 13.5. The summed E-state index contributed by atoms with van der Waals surface area (Å²) < 4.78 is 18.9. The molecule has 1 aromatic carbocycles. The lowest BCUT2D eigenvalue weighted by Gasteiger charge is -2.34. The van der Waals surface area contributed by atoms with E-state index < -0.39 is 11.4 Å². The first-order valence-corrected chi connectivity index (χ1v) is 8.07. The van der Waals surface area contributed by atoms with Crippen LogP contribution in [0.15, 0.2) is 18.2 Å². The highest BCUT2D eigenvalue weighted by Crippen LogP contribution is 2.22. The molecule has 1 aromatic rings. The van der Waals surface area contributed by atoms with Gasteiger partial charge in [0.05, 0.1) is 0 Å². The first-order chi connectivity index (χ1) is 11.5. The van der Waals surface area contributed by atoms with E-state index in [1.807, 2.05) is 0 Å². The minimum Gasteiger partial charge on any atom is -0.368 e. The van der Waals surface area contributed by atoms with E-state index in [-0.39, 0.29) is 30.5 Å². The zero-order valence-electron chi connectivity index (χ0n) is 14.1. The third kappa shape index (κ3) is 4.30. The first-order valence-electron chi connectivity index (χ1n) is 8.07. The highest BCUT2D eigenvalue weighted by atomic mass is 19.1. The number of benzene rings is 1. The second kappa shape index (κ2) is 8.21. The largest absolute Gasteiger partial charge is 0.368 e. The molecule has 3 N–H and O–H groups in total. The van der Waals surface area contributed by atoms with Gasteiger partial charge >= 0.3 is 0 Å². The van der Waals surface area contributed by atoms with E-state index >= 15 is 0 Å². The topological polar surface area (TPSA) is 79.5 Å². The zero-order chi connectivity index (χ0) is 17.6. The second-order valence-electron chi connectivity index (χ2n) is 5.92. The predicted octanol–water partition coefficient (Wildman–Crippen LogP) is 0.749. The fourth-order valence-electron chi connectivity index (χ4n) is 2.70. The van der Waals surface area contributed by atoms with Crippen LogP contribution in [0, 0.1) is 12.7 Å². The van der Waals surface area contributed by atoms with Gasteiger partial charge in [0.1, 0.15) is 11.4 Å². The summed E-state index contributed by atoms with van der Waals surface area (Å²) in [5, 5.41) is 8.64. The van der Waals surface area contributed by atoms with Gasteiger partial charge in [-0.05, 0) is 50.6 Å². The minimum absolute atomic E-state index is 0.165. The summed E-state index contributed by atoms with van der Waals surface area (Å²) in [4.78, 5) is 24.3. The smallest absolute Gasteiger partial charge is 0.252 e. The third-order valence-corrected chi connectivity index (χ3v) is 4.35. The zero-order valence-corrected chi connectivity index (χ0v) is 14.1. The Kier molecular flexibility index (Phi) is 6.28. The van der Waals surface area contributed by atoms with Gasteiger partial charge in [-0.3, -0.25) is 9.59 Å². The normalized spacial score (nSPS) is 16.5.